The minimum absolute atomic E-state index is 0.388. The highest BCUT2D eigenvalue weighted by molar-refractivity contribution is 7.80. The predicted octanol–water partition coefficient (Wildman–Crippen LogP) is 4.92. The molecule has 0 fully saturated rings. The van der Waals surface area contributed by atoms with E-state index in [2.05, 4.69) is 29.4 Å². The molecular formula is C22H29N3O3S. The van der Waals surface area contributed by atoms with Gasteiger partial charge in [-0.3, -0.25) is 0 Å². The average Bonchev–Trinajstić information content (AvgIpc) is 2.73. The number of anilines is 3. The number of hydrogen-bond acceptors (Lipinski definition) is 5. The lowest BCUT2D eigenvalue weighted by molar-refractivity contribution is 0.0601. The van der Waals surface area contributed by atoms with Crippen LogP contribution in [0, 0.1) is 0 Å². The molecule has 0 unspecified atom stereocenters. The van der Waals surface area contributed by atoms with Gasteiger partial charge in [0.1, 0.15) is 5.75 Å². The van der Waals surface area contributed by atoms with Gasteiger partial charge in [-0.2, -0.15) is 0 Å². The molecule has 29 heavy (non-hydrogen) atoms. The van der Waals surface area contributed by atoms with Crippen molar-refractivity contribution in [2.24, 2.45) is 0 Å². The van der Waals surface area contributed by atoms with Gasteiger partial charge in [-0.15, -0.1) is 0 Å². The first-order valence-electron chi connectivity index (χ1n) is 9.72. The second kappa shape index (κ2) is 11.3. The summed E-state index contributed by atoms with van der Waals surface area (Å²) in [5.41, 5.74) is 2.97. The molecule has 0 saturated carbocycles. The SMILES string of the molecule is CCCN(CCC)c1ccc(C(=O)OC)cc1NC(=S)Nc1ccccc1OC. The molecule has 0 spiro atoms. The van der Waals surface area contributed by atoms with E-state index in [4.69, 9.17) is 21.7 Å². The lowest BCUT2D eigenvalue weighted by Crippen LogP contribution is -2.27. The van der Waals surface area contributed by atoms with Crippen LogP contribution in [0.1, 0.15) is 37.0 Å². The van der Waals surface area contributed by atoms with E-state index in [0.29, 0.717) is 16.4 Å². The fourth-order valence-corrected chi connectivity index (χ4v) is 3.29. The van der Waals surface area contributed by atoms with Crippen molar-refractivity contribution in [3.05, 3.63) is 48.0 Å². The van der Waals surface area contributed by atoms with Crippen molar-refractivity contribution >= 4 is 40.4 Å². The Kier molecular flexibility index (Phi) is 8.73. The van der Waals surface area contributed by atoms with Gasteiger partial charge >= 0.3 is 5.97 Å². The average molecular weight is 416 g/mol. The molecule has 156 valence electrons. The number of esters is 1. The first-order chi connectivity index (χ1) is 14.0. The molecule has 0 aromatic heterocycles. The number of hydrogen-bond donors (Lipinski definition) is 2. The molecule has 0 amide bonds. The van der Waals surface area contributed by atoms with Gasteiger partial charge in [-0.1, -0.05) is 26.0 Å². The number of thiocarbonyl (C=S) groups is 1. The van der Waals surface area contributed by atoms with Crippen LogP contribution in [0.15, 0.2) is 42.5 Å². The highest BCUT2D eigenvalue weighted by Gasteiger charge is 2.16. The third-order valence-electron chi connectivity index (χ3n) is 4.35. The molecule has 0 radical (unpaired) electrons. The molecule has 0 aliphatic rings. The van der Waals surface area contributed by atoms with Crippen LogP contribution in [0.2, 0.25) is 0 Å². The summed E-state index contributed by atoms with van der Waals surface area (Å²) in [6, 6.07) is 13.0. The molecule has 0 bridgehead atoms. The number of benzene rings is 2. The summed E-state index contributed by atoms with van der Waals surface area (Å²) in [4.78, 5) is 14.3. The highest BCUT2D eigenvalue weighted by atomic mass is 32.1. The number of nitrogens with one attached hydrogen (secondary N) is 2. The van der Waals surface area contributed by atoms with Crippen molar-refractivity contribution in [3.8, 4) is 5.75 Å². The van der Waals surface area contributed by atoms with E-state index in [9.17, 15) is 4.79 Å². The highest BCUT2D eigenvalue weighted by Crippen LogP contribution is 2.29. The number of para-hydroxylation sites is 2. The van der Waals surface area contributed by atoms with Crippen molar-refractivity contribution < 1.29 is 14.3 Å². The quantitative estimate of drug-likeness (QED) is 0.445. The fourth-order valence-electron chi connectivity index (χ4n) is 3.07. The molecular weight excluding hydrogens is 386 g/mol. The van der Waals surface area contributed by atoms with Crippen LogP contribution in [0.3, 0.4) is 0 Å². The molecule has 2 N–H and O–H groups in total. The van der Waals surface area contributed by atoms with Crippen molar-refractivity contribution in [1.82, 2.24) is 0 Å². The number of carbonyl (C=O) groups excluding carboxylic acids is 1. The second-order valence-electron chi connectivity index (χ2n) is 6.49. The normalized spacial score (nSPS) is 10.2. The van der Waals surface area contributed by atoms with E-state index in [-0.39, 0.29) is 5.97 Å². The van der Waals surface area contributed by atoms with Gasteiger partial charge in [0.25, 0.3) is 0 Å². The predicted molar refractivity (Wildman–Crippen MR) is 123 cm³/mol. The van der Waals surface area contributed by atoms with Crippen LogP contribution in [0.25, 0.3) is 0 Å². The zero-order valence-corrected chi connectivity index (χ0v) is 18.3. The Morgan fingerprint density at radius 3 is 2.28 bits per heavy atom. The van der Waals surface area contributed by atoms with Gasteiger partial charge in [0.05, 0.1) is 36.8 Å². The smallest absolute Gasteiger partial charge is 0.337 e. The van der Waals surface area contributed by atoms with E-state index in [1.807, 2.05) is 30.3 Å². The van der Waals surface area contributed by atoms with Gasteiger partial charge in [0.15, 0.2) is 5.11 Å². The summed E-state index contributed by atoms with van der Waals surface area (Å²) in [7, 11) is 2.99. The van der Waals surface area contributed by atoms with Crippen LogP contribution in [-0.2, 0) is 4.74 Å². The molecule has 0 heterocycles. The van der Waals surface area contributed by atoms with Gasteiger partial charge < -0.3 is 25.0 Å². The first kappa shape index (κ1) is 22.5. The number of carbonyl (C=O) groups is 1. The van der Waals surface area contributed by atoms with Crippen molar-refractivity contribution in [1.29, 1.82) is 0 Å². The van der Waals surface area contributed by atoms with Crippen molar-refractivity contribution in [3.63, 3.8) is 0 Å². The second-order valence-corrected chi connectivity index (χ2v) is 6.90. The van der Waals surface area contributed by atoms with Crippen LogP contribution in [0.4, 0.5) is 17.1 Å². The number of ether oxygens (including phenoxy) is 2. The first-order valence-corrected chi connectivity index (χ1v) is 10.1. The van der Waals surface area contributed by atoms with Crippen molar-refractivity contribution in [2.75, 3.05) is 42.8 Å². The summed E-state index contributed by atoms with van der Waals surface area (Å²) in [6.45, 7) is 6.11. The van der Waals surface area contributed by atoms with E-state index in [1.54, 1.807) is 19.2 Å². The van der Waals surface area contributed by atoms with Crippen LogP contribution in [-0.4, -0.2) is 38.4 Å². The minimum Gasteiger partial charge on any atom is -0.495 e. The summed E-state index contributed by atoms with van der Waals surface area (Å²) < 4.78 is 10.2. The number of methoxy groups -OCH3 is 2. The summed E-state index contributed by atoms with van der Waals surface area (Å²) in [5.74, 6) is 0.305. The Morgan fingerprint density at radius 1 is 1.00 bits per heavy atom. The molecule has 2 aromatic rings. The van der Waals surface area contributed by atoms with E-state index in [1.165, 1.54) is 7.11 Å². The van der Waals surface area contributed by atoms with Gasteiger partial charge in [-0.25, -0.2) is 4.79 Å². The Morgan fingerprint density at radius 2 is 1.66 bits per heavy atom. The lowest BCUT2D eigenvalue weighted by atomic mass is 10.1. The van der Waals surface area contributed by atoms with E-state index >= 15 is 0 Å². The molecule has 2 rings (SSSR count). The summed E-state index contributed by atoms with van der Waals surface area (Å²) >= 11 is 5.53. The third-order valence-corrected chi connectivity index (χ3v) is 4.55. The molecule has 0 aliphatic heterocycles. The molecule has 7 heteroatoms. The van der Waals surface area contributed by atoms with Crippen LogP contribution in [0.5, 0.6) is 5.75 Å². The van der Waals surface area contributed by atoms with Gasteiger partial charge in [0, 0.05) is 13.1 Å². The maximum absolute atomic E-state index is 12.0. The maximum atomic E-state index is 12.0. The maximum Gasteiger partial charge on any atom is 0.337 e. The monoisotopic (exact) mass is 415 g/mol. The van der Waals surface area contributed by atoms with Crippen molar-refractivity contribution in [2.45, 2.75) is 26.7 Å². The zero-order chi connectivity index (χ0) is 21.2. The summed E-state index contributed by atoms with van der Waals surface area (Å²) in [6.07, 6.45) is 2.03. The van der Waals surface area contributed by atoms with Gasteiger partial charge in [-0.05, 0) is 55.4 Å². The van der Waals surface area contributed by atoms with Gasteiger partial charge in [0.2, 0.25) is 0 Å². The van der Waals surface area contributed by atoms with E-state index in [0.717, 1.165) is 43.0 Å². The number of nitrogens with zero attached hydrogens (tertiary/aromatic N) is 1. The fraction of sp³-hybridized carbons (Fsp3) is 0.364. The Labute approximate surface area is 178 Å². The Balaban J connectivity index is 2.33. The molecule has 2 aromatic carbocycles. The Hall–Kier alpha value is -2.80. The van der Waals surface area contributed by atoms with E-state index < -0.39 is 0 Å². The minimum atomic E-state index is -0.388. The lowest BCUT2D eigenvalue weighted by Gasteiger charge is -2.27. The number of rotatable bonds is 9. The largest absolute Gasteiger partial charge is 0.495 e. The van der Waals surface area contributed by atoms with Crippen LogP contribution >= 0.6 is 12.2 Å². The standard InChI is InChI=1S/C22H29N3O3S/c1-5-13-25(14-6-2)19-12-11-16(21(26)28-4)15-18(19)24-22(29)23-17-9-7-8-10-20(17)27-3/h7-12,15H,5-6,13-14H2,1-4H3,(H2,23,24,29). The molecule has 0 aliphatic carbocycles. The molecule has 6 nitrogen and oxygen atoms in total. The third kappa shape index (κ3) is 6.09. The molecule has 0 saturated heterocycles. The molecule has 0 atom stereocenters. The van der Waals surface area contributed by atoms with Crippen LogP contribution < -0.4 is 20.3 Å². The Bertz CT molecular complexity index is 836. The topological polar surface area (TPSA) is 62.8 Å². The zero-order valence-electron chi connectivity index (χ0n) is 17.5. The summed E-state index contributed by atoms with van der Waals surface area (Å²) in [5, 5.41) is 6.81.